The van der Waals surface area contributed by atoms with Gasteiger partial charge in [0.25, 0.3) is 5.91 Å². The number of rotatable bonds is 5. The highest BCUT2D eigenvalue weighted by Crippen LogP contribution is 2.27. The number of anilines is 1. The molecular weight excluding hydrogens is 412 g/mol. The van der Waals surface area contributed by atoms with Crippen LogP contribution in [0.1, 0.15) is 74.6 Å². The van der Waals surface area contributed by atoms with Crippen LogP contribution in [0.3, 0.4) is 0 Å². The molecule has 172 valence electrons. The van der Waals surface area contributed by atoms with Crippen LogP contribution in [0, 0.1) is 5.92 Å². The Bertz CT molecular complexity index is 1120. The predicted molar refractivity (Wildman–Crippen MR) is 131 cm³/mol. The second kappa shape index (κ2) is 9.77. The Balaban J connectivity index is 1.27. The molecule has 0 radical (unpaired) electrons. The maximum absolute atomic E-state index is 12.8. The molecule has 0 unspecified atom stereocenters. The number of nitrogens with one attached hydrogen (secondary N) is 3. The summed E-state index contributed by atoms with van der Waals surface area (Å²) < 4.78 is 0. The Morgan fingerprint density at radius 3 is 2.27 bits per heavy atom. The molecule has 1 heterocycles. The second-order valence-electron chi connectivity index (χ2n) is 9.53. The summed E-state index contributed by atoms with van der Waals surface area (Å²) in [5, 5.41) is 6.24. The molecule has 0 bridgehead atoms. The molecule has 2 saturated carbocycles. The van der Waals surface area contributed by atoms with Gasteiger partial charge in [0.15, 0.2) is 0 Å². The molecule has 0 atom stereocenters. The lowest BCUT2D eigenvalue weighted by Gasteiger charge is -2.16. The first kappa shape index (κ1) is 21.7. The van der Waals surface area contributed by atoms with Gasteiger partial charge >= 0.3 is 0 Å². The van der Waals surface area contributed by atoms with E-state index in [9.17, 15) is 9.59 Å². The predicted octanol–water partition coefficient (Wildman–Crippen LogP) is 5.81. The minimum absolute atomic E-state index is 0.0118. The summed E-state index contributed by atoms with van der Waals surface area (Å²) in [5.41, 5.74) is 4.08. The van der Waals surface area contributed by atoms with Crippen LogP contribution in [0.5, 0.6) is 0 Å². The quantitative estimate of drug-likeness (QED) is 0.434. The van der Waals surface area contributed by atoms with Gasteiger partial charge in [-0.25, -0.2) is 4.98 Å². The summed E-state index contributed by atoms with van der Waals surface area (Å²) in [6.45, 7) is 0. The van der Waals surface area contributed by atoms with Gasteiger partial charge in [0.1, 0.15) is 5.82 Å². The number of benzene rings is 2. The van der Waals surface area contributed by atoms with Crippen molar-refractivity contribution in [1.82, 2.24) is 15.3 Å². The molecule has 2 fully saturated rings. The fourth-order valence-corrected chi connectivity index (χ4v) is 5.12. The van der Waals surface area contributed by atoms with Crippen molar-refractivity contribution in [2.24, 2.45) is 5.92 Å². The van der Waals surface area contributed by atoms with Gasteiger partial charge in [0, 0.05) is 28.8 Å². The smallest absolute Gasteiger partial charge is 0.251 e. The zero-order chi connectivity index (χ0) is 22.6. The largest absolute Gasteiger partial charge is 0.349 e. The minimum atomic E-state index is -0.0118. The molecule has 3 aromatic rings. The van der Waals surface area contributed by atoms with E-state index in [1.807, 2.05) is 42.5 Å². The fraction of sp³-hybridized carbons (Fsp3) is 0.444. The van der Waals surface area contributed by atoms with Gasteiger partial charge in [-0.15, -0.1) is 0 Å². The van der Waals surface area contributed by atoms with E-state index < -0.39 is 0 Å². The van der Waals surface area contributed by atoms with Crippen molar-refractivity contribution >= 4 is 28.5 Å². The van der Waals surface area contributed by atoms with E-state index in [1.54, 1.807) is 0 Å². The summed E-state index contributed by atoms with van der Waals surface area (Å²) in [4.78, 5) is 33.2. The highest BCUT2D eigenvalue weighted by Gasteiger charge is 2.22. The summed E-state index contributed by atoms with van der Waals surface area (Å²) >= 11 is 0. The van der Waals surface area contributed by atoms with Crippen molar-refractivity contribution in [2.75, 3.05) is 5.32 Å². The molecule has 0 saturated heterocycles. The lowest BCUT2D eigenvalue weighted by molar-refractivity contribution is -0.119. The molecule has 2 amide bonds. The normalized spacial score (nSPS) is 17.7. The zero-order valence-electron chi connectivity index (χ0n) is 19.0. The van der Waals surface area contributed by atoms with E-state index in [2.05, 4.69) is 15.6 Å². The molecule has 0 aliphatic heterocycles. The first-order chi connectivity index (χ1) is 16.2. The van der Waals surface area contributed by atoms with E-state index in [4.69, 9.17) is 4.98 Å². The highest BCUT2D eigenvalue weighted by atomic mass is 16.2. The number of hydrogen-bond donors (Lipinski definition) is 3. The van der Waals surface area contributed by atoms with E-state index in [1.165, 1.54) is 25.7 Å². The van der Waals surface area contributed by atoms with Crippen molar-refractivity contribution < 1.29 is 9.59 Å². The number of aromatic amines is 1. The van der Waals surface area contributed by atoms with E-state index >= 15 is 0 Å². The maximum Gasteiger partial charge on any atom is 0.251 e. The molecule has 3 N–H and O–H groups in total. The van der Waals surface area contributed by atoms with Crippen LogP contribution in [-0.2, 0) is 4.79 Å². The number of hydrogen-bond acceptors (Lipinski definition) is 3. The third-order valence-electron chi connectivity index (χ3n) is 7.09. The van der Waals surface area contributed by atoms with Gasteiger partial charge in [-0.05, 0) is 68.1 Å². The number of carbonyl (C=O) groups is 2. The number of imidazole rings is 1. The van der Waals surface area contributed by atoms with Gasteiger partial charge in [-0.2, -0.15) is 0 Å². The molecule has 2 aliphatic carbocycles. The highest BCUT2D eigenvalue weighted by molar-refractivity contribution is 5.98. The Morgan fingerprint density at radius 2 is 1.55 bits per heavy atom. The molecule has 1 aromatic heterocycles. The van der Waals surface area contributed by atoms with Crippen LogP contribution in [0.15, 0.2) is 42.5 Å². The van der Waals surface area contributed by atoms with Crippen LogP contribution < -0.4 is 10.6 Å². The standard InChI is InChI=1S/C27H32N4O2/c32-26(19-7-5-6-8-19)29-22-14-11-18(12-15-22)25-30-23-16-13-20(17-24(23)31-25)27(33)28-21-9-3-1-2-4-10-21/h11-17,19,21H,1-10H2,(H,28,33)(H,29,32)(H,30,31). The molecule has 5 rings (SSSR count). The number of carbonyl (C=O) groups excluding carboxylic acids is 2. The van der Waals surface area contributed by atoms with E-state index in [0.29, 0.717) is 5.56 Å². The SMILES string of the molecule is O=C(NC1CCCCCC1)c1ccc2nc(-c3ccc(NC(=O)C4CCCC4)cc3)[nH]c2c1. The van der Waals surface area contributed by atoms with Gasteiger partial charge in [0.2, 0.25) is 5.91 Å². The Morgan fingerprint density at radius 1 is 0.848 bits per heavy atom. The molecule has 6 heteroatoms. The first-order valence-electron chi connectivity index (χ1n) is 12.4. The summed E-state index contributed by atoms with van der Waals surface area (Å²) in [6, 6.07) is 13.7. The number of H-pyrrole nitrogens is 1. The number of fused-ring (bicyclic) bond motifs is 1. The third-order valence-corrected chi connectivity index (χ3v) is 7.09. The Kier molecular flexibility index (Phi) is 6.42. The molecule has 2 aromatic carbocycles. The van der Waals surface area contributed by atoms with Crippen molar-refractivity contribution in [3.05, 3.63) is 48.0 Å². The van der Waals surface area contributed by atoms with E-state index in [-0.39, 0.29) is 23.8 Å². The molecule has 6 nitrogen and oxygen atoms in total. The number of amides is 2. The number of aromatic nitrogens is 2. The van der Waals surface area contributed by atoms with Crippen molar-refractivity contribution in [1.29, 1.82) is 0 Å². The van der Waals surface area contributed by atoms with Crippen LogP contribution in [-0.4, -0.2) is 27.8 Å². The first-order valence-corrected chi connectivity index (χ1v) is 12.4. The van der Waals surface area contributed by atoms with Crippen LogP contribution in [0.25, 0.3) is 22.4 Å². The molecule has 33 heavy (non-hydrogen) atoms. The van der Waals surface area contributed by atoms with Gasteiger partial charge in [-0.3, -0.25) is 9.59 Å². The summed E-state index contributed by atoms with van der Waals surface area (Å²) in [7, 11) is 0. The lowest BCUT2D eigenvalue weighted by Crippen LogP contribution is -2.34. The van der Waals surface area contributed by atoms with E-state index in [0.717, 1.165) is 66.6 Å². The monoisotopic (exact) mass is 444 g/mol. The lowest BCUT2D eigenvalue weighted by atomic mass is 10.1. The van der Waals surface area contributed by atoms with Gasteiger partial charge in [-0.1, -0.05) is 38.5 Å². The third kappa shape index (κ3) is 5.10. The minimum Gasteiger partial charge on any atom is -0.349 e. The maximum atomic E-state index is 12.8. The summed E-state index contributed by atoms with van der Waals surface area (Å²) in [5.74, 6) is 1.01. The Hall–Kier alpha value is -3.15. The molecule has 2 aliphatic rings. The topological polar surface area (TPSA) is 86.9 Å². The average molecular weight is 445 g/mol. The van der Waals surface area contributed by atoms with Gasteiger partial charge in [0.05, 0.1) is 11.0 Å². The van der Waals surface area contributed by atoms with Crippen LogP contribution >= 0.6 is 0 Å². The molecular formula is C27H32N4O2. The van der Waals surface area contributed by atoms with Crippen LogP contribution in [0.2, 0.25) is 0 Å². The fourth-order valence-electron chi connectivity index (χ4n) is 5.12. The number of nitrogens with zero attached hydrogens (tertiary/aromatic N) is 1. The van der Waals surface area contributed by atoms with Crippen LogP contribution in [0.4, 0.5) is 5.69 Å². The summed E-state index contributed by atoms with van der Waals surface area (Å²) in [6.07, 6.45) is 11.3. The average Bonchev–Trinajstić information content (AvgIpc) is 3.45. The zero-order valence-corrected chi connectivity index (χ0v) is 19.0. The van der Waals surface area contributed by atoms with Crippen molar-refractivity contribution in [3.63, 3.8) is 0 Å². The van der Waals surface area contributed by atoms with Crippen molar-refractivity contribution in [2.45, 2.75) is 70.3 Å². The van der Waals surface area contributed by atoms with Crippen molar-refractivity contribution in [3.8, 4) is 11.4 Å². The second-order valence-corrected chi connectivity index (χ2v) is 9.53. The molecule has 0 spiro atoms. The van der Waals surface area contributed by atoms with Gasteiger partial charge < -0.3 is 15.6 Å². The Labute approximate surface area is 194 Å².